The zero-order chi connectivity index (χ0) is 22.9. The fraction of sp³-hybridized carbons (Fsp3) is 0.280. The van der Waals surface area contributed by atoms with Crippen LogP contribution in [0, 0.1) is 0 Å². The average Bonchev–Trinajstić information content (AvgIpc) is 3.18. The van der Waals surface area contributed by atoms with Gasteiger partial charge in [-0.3, -0.25) is 9.36 Å². The largest absolute Gasteiger partial charge is 0.494 e. The molecule has 2 heterocycles. The lowest BCUT2D eigenvalue weighted by molar-refractivity contribution is 0.340. The lowest BCUT2D eigenvalue weighted by Crippen LogP contribution is -2.22. The molecule has 8 heteroatoms. The minimum atomic E-state index is -0.00624. The Morgan fingerprint density at radius 1 is 1.12 bits per heavy atom. The van der Waals surface area contributed by atoms with Crippen LogP contribution in [0.3, 0.4) is 0 Å². The number of hydrogen-bond donors (Lipinski definition) is 0. The Labute approximate surface area is 210 Å². The van der Waals surface area contributed by atoms with Crippen LogP contribution < -0.4 is 10.3 Å². The Morgan fingerprint density at radius 2 is 1.91 bits per heavy atom. The zero-order valence-corrected chi connectivity index (χ0v) is 21.2. The van der Waals surface area contributed by atoms with Crippen molar-refractivity contribution in [2.24, 2.45) is 0 Å². The summed E-state index contributed by atoms with van der Waals surface area (Å²) in [6, 6.07) is 13.1. The highest BCUT2D eigenvalue weighted by Gasteiger charge is 2.23. The lowest BCUT2D eigenvalue weighted by atomic mass is 9.97. The molecule has 0 radical (unpaired) electrons. The third-order valence-electron chi connectivity index (χ3n) is 5.74. The topological polar surface area (TPSA) is 44.1 Å². The van der Waals surface area contributed by atoms with Crippen LogP contribution in [0.5, 0.6) is 5.75 Å². The lowest BCUT2D eigenvalue weighted by Gasteiger charge is -2.14. The van der Waals surface area contributed by atoms with Crippen LogP contribution in [-0.4, -0.2) is 16.2 Å². The van der Waals surface area contributed by atoms with Crippen LogP contribution in [0.4, 0.5) is 0 Å². The molecule has 2 aromatic carbocycles. The fourth-order valence-electron chi connectivity index (χ4n) is 4.15. The van der Waals surface area contributed by atoms with Crippen LogP contribution in [0.1, 0.15) is 35.8 Å². The maximum absolute atomic E-state index is 13.9. The van der Waals surface area contributed by atoms with E-state index < -0.39 is 0 Å². The van der Waals surface area contributed by atoms with E-state index in [4.69, 9.17) is 32.9 Å². The molecular formula is C25H22Cl2N2O2S2. The molecule has 2 aromatic heterocycles. The Hall–Kier alpha value is -1.99. The Balaban J connectivity index is 1.62. The summed E-state index contributed by atoms with van der Waals surface area (Å²) in [7, 11) is 0. The molecule has 0 saturated carbocycles. The third-order valence-corrected chi connectivity index (χ3v) is 8.50. The summed E-state index contributed by atoms with van der Waals surface area (Å²) < 4.78 is 7.32. The summed E-state index contributed by atoms with van der Waals surface area (Å²) >= 11 is 15.6. The Bertz CT molecular complexity index is 1380. The summed E-state index contributed by atoms with van der Waals surface area (Å²) in [5.41, 5.74) is 2.91. The molecule has 5 rings (SSSR count). The molecule has 0 unspecified atom stereocenters. The monoisotopic (exact) mass is 516 g/mol. The van der Waals surface area contributed by atoms with Gasteiger partial charge in [-0.05, 0) is 80.1 Å². The van der Waals surface area contributed by atoms with E-state index in [2.05, 4.69) is 0 Å². The van der Waals surface area contributed by atoms with Gasteiger partial charge in [0, 0.05) is 20.7 Å². The SMILES string of the molecule is CCOc1ccc(-n2c(SCc3ccc(Cl)cc3Cl)nc3sc4c(c3c2=O)CCCC4)cc1. The number of nitrogens with zero attached hydrogens (tertiary/aromatic N) is 2. The van der Waals surface area contributed by atoms with E-state index in [9.17, 15) is 4.79 Å². The van der Waals surface area contributed by atoms with Crippen molar-refractivity contribution in [2.75, 3.05) is 6.61 Å². The first kappa shape index (κ1) is 22.8. The minimum absolute atomic E-state index is 0.00624. The van der Waals surface area contributed by atoms with Crippen molar-refractivity contribution < 1.29 is 4.74 Å². The summed E-state index contributed by atoms with van der Waals surface area (Å²) in [4.78, 5) is 21.0. The van der Waals surface area contributed by atoms with Crippen molar-refractivity contribution in [1.82, 2.24) is 9.55 Å². The number of thioether (sulfide) groups is 1. The molecule has 4 nitrogen and oxygen atoms in total. The number of thiophene rings is 1. The van der Waals surface area contributed by atoms with Crippen LogP contribution >= 0.6 is 46.3 Å². The quantitative estimate of drug-likeness (QED) is 0.199. The van der Waals surface area contributed by atoms with Gasteiger partial charge in [0.25, 0.3) is 5.56 Å². The van der Waals surface area contributed by atoms with Gasteiger partial charge in [0.15, 0.2) is 5.16 Å². The predicted molar refractivity (Wildman–Crippen MR) is 139 cm³/mol. The van der Waals surface area contributed by atoms with Crippen molar-refractivity contribution in [3.05, 3.63) is 78.9 Å². The normalized spacial score (nSPS) is 13.3. The van der Waals surface area contributed by atoms with Crippen molar-refractivity contribution in [3.8, 4) is 11.4 Å². The fourth-order valence-corrected chi connectivity index (χ4v) is 7.02. The summed E-state index contributed by atoms with van der Waals surface area (Å²) in [6.07, 6.45) is 4.26. The molecule has 0 atom stereocenters. The number of halogens is 2. The minimum Gasteiger partial charge on any atom is -0.494 e. The molecule has 0 spiro atoms. The van der Waals surface area contributed by atoms with Crippen molar-refractivity contribution in [3.63, 3.8) is 0 Å². The highest BCUT2D eigenvalue weighted by molar-refractivity contribution is 7.98. The number of hydrogen-bond acceptors (Lipinski definition) is 5. The number of benzene rings is 2. The highest BCUT2D eigenvalue weighted by atomic mass is 35.5. The van der Waals surface area contributed by atoms with Crippen LogP contribution in [-0.2, 0) is 18.6 Å². The molecule has 170 valence electrons. The molecule has 1 aliphatic carbocycles. The number of fused-ring (bicyclic) bond motifs is 3. The standard InChI is InChI=1S/C25H22Cl2N2O2S2/c1-2-31-18-11-9-17(10-12-18)29-24(30)22-19-5-3-4-6-21(19)33-23(22)28-25(29)32-14-15-7-8-16(26)13-20(15)27/h7-13H,2-6,14H2,1H3. The molecule has 0 N–H and O–H groups in total. The van der Waals surface area contributed by atoms with Gasteiger partial charge < -0.3 is 4.74 Å². The van der Waals surface area contributed by atoms with E-state index in [1.54, 1.807) is 22.0 Å². The van der Waals surface area contributed by atoms with E-state index in [0.29, 0.717) is 27.6 Å². The van der Waals surface area contributed by atoms with Gasteiger partial charge in [0.05, 0.1) is 17.7 Å². The van der Waals surface area contributed by atoms with E-state index in [1.165, 1.54) is 28.6 Å². The molecule has 4 aromatic rings. The summed E-state index contributed by atoms with van der Waals surface area (Å²) in [5, 5.41) is 2.64. The zero-order valence-electron chi connectivity index (χ0n) is 18.1. The van der Waals surface area contributed by atoms with E-state index in [1.807, 2.05) is 43.3 Å². The molecule has 0 aliphatic heterocycles. The van der Waals surface area contributed by atoms with Crippen molar-refractivity contribution in [2.45, 2.75) is 43.5 Å². The van der Waals surface area contributed by atoms with Crippen LogP contribution in [0.15, 0.2) is 52.4 Å². The van der Waals surface area contributed by atoms with E-state index in [-0.39, 0.29) is 5.56 Å². The van der Waals surface area contributed by atoms with Gasteiger partial charge in [-0.1, -0.05) is 41.0 Å². The van der Waals surface area contributed by atoms with Crippen molar-refractivity contribution >= 4 is 56.5 Å². The third kappa shape index (κ3) is 4.54. The van der Waals surface area contributed by atoms with Gasteiger partial charge in [0.2, 0.25) is 0 Å². The molecule has 0 fully saturated rings. The molecule has 0 saturated heterocycles. The maximum atomic E-state index is 13.9. The first-order chi connectivity index (χ1) is 16.0. The second-order valence-electron chi connectivity index (χ2n) is 7.88. The van der Waals surface area contributed by atoms with Gasteiger partial charge in [-0.15, -0.1) is 11.3 Å². The first-order valence-electron chi connectivity index (χ1n) is 10.9. The van der Waals surface area contributed by atoms with Gasteiger partial charge in [-0.2, -0.15) is 0 Å². The Morgan fingerprint density at radius 3 is 2.67 bits per heavy atom. The van der Waals surface area contributed by atoms with Crippen LogP contribution in [0.25, 0.3) is 15.9 Å². The van der Waals surface area contributed by atoms with Crippen molar-refractivity contribution in [1.29, 1.82) is 0 Å². The maximum Gasteiger partial charge on any atom is 0.267 e. The summed E-state index contributed by atoms with van der Waals surface area (Å²) in [6.45, 7) is 2.55. The molecule has 33 heavy (non-hydrogen) atoms. The highest BCUT2D eigenvalue weighted by Crippen LogP contribution is 2.36. The molecule has 0 bridgehead atoms. The summed E-state index contributed by atoms with van der Waals surface area (Å²) in [5.74, 6) is 1.36. The van der Waals surface area contributed by atoms with Gasteiger partial charge >= 0.3 is 0 Å². The molecule has 0 amide bonds. The first-order valence-corrected chi connectivity index (χ1v) is 13.5. The number of rotatable bonds is 6. The van der Waals surface area contributed by atoms with Gasteiger partial charge in [0.1, 0.15) is 10.6 Å². The second kappa shape index (κ2) is 9.71. The van der Waals surface area contributed by atoms with Gasteiger partial charge in [-0.25, -0.2) is 4.98 Å². The van der Waals surface area contributed by atoms with E-state index >= 15 is 0 Å². The smallest absolute Gasteiger partial charge is 0.267 e. The van der Waals surface area contributed by atoms with Crippen LogP contribution in [0.2, 0.25) is 10.0 Å². The molecule has 1 aliphatic rings. The average molecular weight is 518 g/mol. The second-order valence-corrected chi connectivity index (χ2v) is 10.7. The number of aryl methyl sites for hydroxylation is 2. The predicted octanol–water partition coefficient (Wildman–Crippen LogP) is 7.32. The molecular weight excluding hydrogens is 495 g/mol. The Kier molecular flexibility index (Phi) is 6.70. The number of ether oxygens (including phenoxy) is 1. The van der Waals surface area contributed by atoms with E-state index in [0.717, 1.165) is 46.5 Å². The number of aromatic nitrogens is 2.